The molecule has 3 heteroatoms. The molecule has 15 heavy (non-hydrogen) atoms. The summed E-state index contributed by atoms with van der Waals surface area (Å²) in [6, 6.07) is 2.22. The summed E-state index contributed by atoms with van der Waals surface area (Å²) in [6.45, 7) is 6.10. The third-order valence-corrected chi connectivity index (χ3v) is 4.72. The molecule has 2 heterocycles. The van der Waals surface area contributed by atoms with E-state index in [1.807, 2.05) is 11.3 Å². The van der Waals surface area contributed by atoms with E-state index in [9.17, 15) is 0 Å². The first-order chi connectivity index (χ1) is 7.16. The predicted molar refractivity (Wildman–Crippen MR) is 65.9 cm³/mol. The summed E-state index contributed by atoms with van der Waals surface area (Å²) in [4.78, 5) is 2.71. The lowest BCUT2D eigenvalue weighted by atomic mass is 10.0. The van der Waals surface area contributed by atoms with Crippen LogP contribution < -0.4 is 0 Å². The fourth-order valence-corrected chi connectivity index (χ4v) is 3.72. The maximum Gasteiger partial charge on any atom is 0.0684 e. The summed E-state index contributed by atoms with van der Waals surface area (Å²) in [7, 11) is 0. The van der Waals surface area contributed by atoms with Gasteiger partial charge in [-0.05, 0) is 44.2 Å². The number of rotatable bonds is 3. The van der Waals surface area contributed by atoms with E-state index >= 15 is 0 Å². The average molecular weight is 245 g/mol. The van der Waals surface area contributed by atoms with Crippen LogP contribution in [0.5, 0.6) is 0 Å². The fourth-order valence-electron chi connectivity index (χ4n) is 2.14. The summed E-state index contributed by atoms with van der Waals surface area (Å²) >= 11 is 8.29. The van der Waals surface area contributed by atoms with Crippen LogP contribution in [0.2, 0.25) is 0 Å². The highest BCUT2D eigenvalue weighted by Gasteiger charge is 2.22. The lowest BCUT2D eigenvalue weighted by molar-refractivity contribution is 0.184. The molecule has 0 amide bonds. The Morgan fingerprint density at radius 1 is 1.60 bits per heavy atom. The monoisotopic (exact) mass is 244 g/mol. The minimum Gasteiger partial charge on any atom is -0.381 e. The molecule has 0 N–H and O–H groups in total. The van der Waals surface area contributed by atoms with Gasteiger partial charge in [0.1, 0.15) is 0 Å². The van der Waals surface area contributed by atoms with Gasteiger partial charge in [0.05, 0.1) is 5.38 Å². The predicted octanol–water partition coefficient (Wildman–Crippen LogP) is 4.07. The second-order valence-electron chi connectivity index (χ2n) is 4.34. The minimum absolute atomic E-state index is 0.176. The maximum absolute atomic E-state index is 6.46. The summed E-state index contributed by atoms with van der Waals surface area (Å²) in [5.74, 6) is 0.661. The SMILES string of the molecule is Cc1cc(C)c(C(Cl)CC2CCOC2)s1. The lowest BCUT2D eigenvalue weighted by Crippen LogP contribution is -2.03. The number of halogens is 1. The number of alkyl halides is 1. The van der Waals surface area contributed by atoms with Gasteiger partial charge in [-0.3, -0.25) is 0 Å². The highest BCUT2D eigenvalue weighted by Crippen LogP contribution is 2.37. The van der Waals surface area contributed by atoms with Crippen molar-refractivity contribution in [2.75, 3.05) is 13.2 Å². The third-order valence-electron chi connectivity index (χ3n) is 2.93. The van der Waals surface area contributed by atoms with Crippen LogP contribution in [0.15, 0.2) is 6.07 Å². The smallest absolute Gasteiger partial charge is 0.0684 e. The first-order valence-electron chi connectivity index (χ1n) is 5.45. The van der Waals surface area contributed by atoms with E-state index in [-0.39, 0.29) is 5.38 Å². The molecular weight excluding hydrogens is 228 g/mol. The zero-order valence-electron chi connectivity index (χ0n) is 9.25. The quantitative estimate of drug-likeness (QED) is 0.729. The van der Waals surface area contributed by atoms with Gasteiger partial charge in [-0.25, -0.2) is 0 Å². The Morgan fingerprint density at radius 2 is 2.40 bits per heavy atom. The Bertz CT molecular complexity index is 328. The zero-order chi connectivity index (χ0) is 10.8. The molecule has 0 saturated carbocycles. The number of aryl methyl sites for hydroxylation is 2. The van der Waals surface area contributed by atoms with Crippen molar-refractivity contribution in [1.82, 2.24) is 0 Å². The molecule has 84 valence electrons. The second-order valence-corrected chi connectivity index (χ2v) is 6.15. The summed E-state index contributed by atoms with van der Waals surface area (Å²) < 4.78 is 5.37. The van der Waals surface area contributed by atoms with Crippen LogP contribution >= 0.6 is 22.9 Å². The van der Waals surface area contributed by atoms with E-state index in [0.29, 0.717) is 5.92 Å². The fraction of sp³-hybridized carbons (Fsp3) is 0.667. The molecule has 0 aliphatic carbocycles. The van der Waals surface area contributed by atoms with Crippen LogP contribution in [0.3, 0.4) is 0 Å². The van der Waals surface area contributed by atoms with Crippen molar-refractivity contribution in [1.29, 1.82) is 0 Å². The molecule has 2 atom stereocenters. The molecular formula is C12H17ClOS. The van der Waals surface area contributed by atoms with Crippen molar-refractivity contribution in [2.45, 2.75) is 32.1 Å². The zero-order valence-corrected chi connectivity index (χ0v) is 10.8. The summed E-state index contributed by atoms with van der Waals surface area (Å²) in [6.07, 6.45) is 2.23. The highest BCUT2D eigenvalue weighted by atomic mass is 35.5. The van der Waals surface area contributed by atoms with Gasteiger partial charge < -0.3 is 4.74 Å². The first-order valence-corrected chi connectivity index (χ1v) is 6.71. The van der Waals surface area contributed by atoms with Crippen molar-refractivity contribution in [3.63, 3.8) is 0 Å². The van der Waals surface area contributed by atoms with Crippen molar-refractivity contribution >= 4 is 22.9 Å². The number of ether oxygens (including phenoxy) is 1. The van der Waals surface area contributed by atoms with E-state index in [2.05, 4.69) is 19.9 Å². The second kappa shape index (κ2) is 4.86. The van der Waals surface area contributed by atoms with E-state index in [1.54, 1.807) is 0 Å². The van der Waals surface area contributed by atoms with Crippen LogP contribution in [0.1, 0.15) is 33.5 Å². The average Bonchev–Trinajstić information content (AvgIpc) is 2.75. The maximum atomic E-state index is 6.46. The Balaban J connectivity index is 2.00. The number of hydrogen-bond donors (Lipinski definition) is 0. The van der Waals surface area contributed by atoms with Crippen LogP contribution in [0, 0.1) is 19.8 Å². The largest absolute Gasteiger partial charge is 0.381 e. The van der Waals surface area contributed by atoms with Gasteiger partial charge in [0, 0.05) is 23.0 Å². The number of thiophene rings is 1. The molecule has 1 aliphatic heterocycles. The molecule has 0 aromatic carbocycles. The Labute approximate surface area is 100 Å². The van der Waals surface area contributed by atoms with Gasteiger partial charge in [-0.15, -0.1) is 22.9 Å². The molecule has 2 unspecified atom stereocenters. The van der Waals surface area contributed by atoms with Crippen molar-refractivity contribution in [3.05, 3.63) is 21.4 Å². The Hall–Kier alpha value is -0.0500. The minimum atomic E-state index is 0.176. The van der Waals surface area contributed by atoms with Crippen molar-refractivity contribution in [3.8, 4) is 0 Å². The van der Waals surface area contributed by atoms with Crippen molar-refractivity contribution < 1.29 is 4.74 Å². The van der Waals surface area contributed by atoms with E-state index in [0.717, 1.165) is 19.6 Å². The van der Waals surface area contributed by atoms with E-state index in [4.69, 9.17) is 16.3 Å². The van der Waals surface area contributed by atoms with E-state index in [1.165, 1.54) is 21.7 Å². The normalized spacial score (nSPS) is 23.3. The Morgan fingerprint density at radius 3 is 2.93 bits per heavy atom. The summed E-state index contributed by atoms with van der Waals surface area (Å²) in [5.41, 5.74) is 1.34. The molecule has 0 radical (unpaired) electrons. The molecule has 0 bridgehead atoms. The standard InChI is InChI=1S/C12H17ClOS/c1-8-5-9(2)15-12(8)11(13)6-10-3-4-14-7-10/h5,10-11H,3-4,6-7H2,1-2H3. The van der Waals surface area contributed by atoms with Gasteiger partial charge in [-0.1, -0.05) is 0 Å². The van der Waals surface area contributed by atoms with Crippen LogP contribution in [-0.2, 0) is 4.74 Å². The van der Waals surface area contributed by atoms with Gasteiger partial charge >= 0.3 is 0 Å². The van der Waals surface area contributed by atoms with Crippen molar-refractivity contribution in [2.24, 2.45) is 5.92 Å². The lowest BCUT2D eigenvalue weighted by Gasteiger charge is -2.12. The number of hydrogen-bond acceptors (Lipinski definition) is 2. The highest BCUT2D eigenvalue weighted by molar-refractivity contribution is 7.12. The van der Waals surface area contributed by atoms with Crippen LogP contribution in [0.4, 0.5) is 0 Å². The topological polar surface area (TPSA) is 9.23 Å². The van der Waals surface area contributed by atoms with Gasteiger partial charge in [-0.2, -0.15) is 0 Å². The van der Waals surface area contributed by atoms with Gasteiger partial charge in [0.15, 0.2) is 0 Å². The Kier molecular flexibility index (Phi) is 3.70. The summed E-state index contributed by atoms with van der Waals surface area (Å²) in [5, 5.41) is 0.176. The van der Waals surface area contributed by atoms with Gasteiger partial charge in [0.2, 0.25) is 0 Å². The van der Waals surface area contributed by atoms with E-state index < -0.39 is 0 Å². The van der Waals surface area contributed by atoms with Gasteiger partial charge in [0.25, 0.3) is 0 Å². The molecule has 0 spiro atoms. The molecule has 1 nitrogen and oxygen atoms in total. The molecule has 1 saturated heterocycles. The first kappa shape index (κ1) is 11.4. The molecule has 1 aliphatic rings. The third kappa shape index (κ3) is 2.74. The molecule has 1 aromatic rings. The molecule has 1 fully saturated rings. The molecule has 2 rings (SSSR count). The van der Waals surface area contributed by atoms with Crippen LogP contribution in [-0.4, -0.2) is 13.2 Å². The molecule has 1 aromatic heterocycles. The van der Waals surface area contributed by atoms with Crippen LogP contribution in [0.25, 0.3) is 0 Å².